The number of carbonyl (C=O) groups excluding carboxylic acids is 2. The van der Waals surface area contributed by atoms with Crippen LogP contribution in [0, 0.1) is 5.92 Å². The third kappa shape index (κ3) is 10.9. The zero-order valence-electron chi connectivity index (χ0n) is 14.7. The summed E-state index contributed by atoms with van der Waals surface area (Å²) in [5, 5.41) is 0. The average Bonchev–Trinajstić information content (AvgIpc) is 3.34. The molecule has 0 bridgehead atoms. The Balaban J connectivity index is 2.07. The van der Waals surface area contributed by atoms with Crippen molar-refractivity contribution >= 4 is 23.7 Å². The van der Waals surface area contributed by atoms with Crippen LogP contribution in [0.5, 0.6) is 0 Å². The van der Waals surface area contributed by atoms with Crippen molar-refractivity contribution in [3.05, 3.63) is 5.92 Å². The molecule has 1 fully saturated rings. The van der Waals surface area contributed by atoms with Crippen molar-refractivity contribution in [1.82, 2.24) is 0 Å². The van der Waals surface area contributed by atoms with Crippen LogP contribution in [0.15, 0.2) is 9.98 Å². The molecule has 128 valence electrons. The van der Waals surface area contributed by atoms with Crippen LogP contribution in [-0.2, 0) is 9.59 Å². The molecule has 0 spiro atoms. The van der Waals surface area contributed by atoms with Gasteiger partial charge in [0.25, 0.3) is 0 Å². The number of hydrogen-bond acceptors (Lipinski definition) is 2. The van der Waals surface area contributed by atoms with Gasteiger partial charge in [-0.2, -0.15) is 0 Å². The number of amides is 2. The standard InChI is InChI=1S/C19H30N2O2/c1-3-4-5-6-7-8-9-10-11-12-19(23)20-15-18(17-13-14-17)21-16(2)22/h3-14H2,1-2H3. The molecule has 0 aromatic rings. The fourth-order valence-electron chi connectivity index (χ4n) is 2.40. The van der Waals surface area contributed by atoms with Crippen LogP contribution in [0.3, 0.4) is 0 Å². The molecule has 1 aliphatic rings. The van der Waals surface area contributed by atoms with Crippen molar-refractivity contribution in [2.24, 2.45) is 9.98 Å². The fraction of sp³-hybridized carbons (Fsp3) is 0.737. The van der Waals surface area contributed by atoms with Crippen LogP contribution in [0.25, 0.3) is 0 Å². The summed E-state index contributed by atoms with van der Waals surface area (Å²) in [6.07, 6.45) is 16.0. The number of unbranched alkanes of at least 4 members (excludes halogenated alkanes) is 8. The average molecular weight is 318 g/mol. The van der Waals surface area contributed by atoms with Crippen LogP contribution in [0.1, 0.15) is 90.9 Å². The summed E-state index contributed by atoms with van der Waals surface area (Å²) in [5.74, 6) is 0.638. The van der Waals surface area contributed by atoms with Gasteiger partial charge in [-0.1, -0.05) is 58.3 Å². The maximum atomic E-state index is 11.7. The topological polar surface area (TPSA) is 58.9 Å². The van der Waals surface area contributed by atoms with E-state index in [1.165, 1.54) is 51.9 Å². The van der Waals surface area contributed by atoms with E-state index < -0.39 is 0 Å². The van der Waals surface area contributed by atoms with Gasteiger partial charge in [0.15, 0.2) is 0 Å². The van der Waals surface area contributed by atoms with E-state index in [4.69, 9.17) is 0 Å². The number of nitrogens with zero attached hydrogens (tertiary/aromatic N) is 2. The van der Waals surface area contributed by atoms with E-state index in [2.05, 4.69) is 23.1 Å². The van der Waals surface area contributed by atoms with Gasteiger partial charge in [-0.25, -0.2) is 9.98 Å². The number of hydrogen-bond donors (Lipinski definition) is 0. The minimum atomic E-state index is -0.270. The van der Waals surface area contributed by atoms with Gasteiger partial charge < -0.3 is 0 Å². The number of aliphatic imine (C=N–C) groups is 2. The maximum absolute atomic E-state index is 11.7. The molecule has 1 aliphatic carbocycles. The molecular formula is C19H30N2O2. The molecule has 23 heavy (non-hydrogen) atoms. The van der Waals surface area contributed by atoms with E-state index in [0.29, 0.717) is 12.1 Å². The monoisotopic (exact) mass is 318 g/mol. The lowest BCUT2D eigenvalue weighted by Crippen LogP contribution is -2.06. The van der Waals surface area contributed by atoms with Gasteiger partial charge in [0.2, 0.25) is 11.8 Å². The maximum Gasteiger partial charge on any atom is 0.246 e. The third-order valence-corrected chi connectivity index (χ3v) is 3.88. The van der Waals surface area contributed by atoms with Gasteiger partial charge in [0, 0.05) is 19.3 Å². The minimum Gasteiger partial charge on any atom is -0.273 e. The molecule has 0 heterocycles. The first-order valence-corrected chi connectivity index (χ1v) is 9.07. The van der Waals surface area contributed by atoms with Gasteiger partial charge in [-0.05, 0) is 19.3 Å². The Kier molecular flexibility index (Phi) is 10.4. The van der Waals surface area contributed by atoms with E-state index in [9.17, 15) is 9.59 Å². The highest BCUT2D eigenvalue weighted by Crippen LogP contribution is 2.32. The molecule has 4 nitrogen and oxygen atoms in total. The lowest BCUT2D eigenvalue weighted by Gasteiger charge is -2.01. The summed E-state index contributed by atoms with van der Waals surface area (Å²) in [5.41, 5.74) is 0.470. The Morgan fingerprint density at radius 1 is 0.957 bits per heavy atom. The smallest absolute Gasteiger partial charge is 0.246 e. The normalized spacial score (nSPS) is 15.3. The zero-order valence-corrected chi connectivity index (χ0v) is 14.7. The van der Waals surface area contributed by atoms with Crippen LogP contribution >= 0.6 is 0 Å². The highest BCUT2D eigenvalue weighted by atomic mass is 16.1. The molecular weight excluding hydrogens is 288 g/mol. The summed E-state index contributed by atoms with van der Waals surface area (Å²) in [4.78, 5) is 30.4. The third-order valence-electron chi connectivity index (χ3n) is 3.88. The van der Waals surface area contributed by atoms with Crippen molar-refractivity contribution in [1.29, 1.82) is 0 Å². The Labute approximate surface area is 140 Å². The summed E-state index contributed by atoms with van der Waals surface area (Å²) in [7, 11) is 0. The molecule has 0 atom stereocenters. The first-order chi connectivity index (χ1) is 11.1. The Bertz CT molecular complexity index is 423. The molecule has 0 unspecified atom stereocenters. The summed E-state index contributed by atoms with van der Waals surface area (Å²) < 4.78 is 0. The van der Waals surface area contributed by atoms with Crippen molar-refractivity contribution in [2.45, 2.75) is 90.9 Å². The van der Waals surface area contributed by atoms with E-state index in [1.807, 2.05) is 0 Å². The molecule has 2 amide bonds. The molecule has 0 saturated heterocycles. The van der Waals surface area contributed by atoms with Gasteiger partial charge in [-0.15, -0.1) is 0 Å². The van der Waals surface area contributed by atoms with Gasteiger partial charge in [-0.3, -0.25) is 9.59 Å². The van der Waals surface area contributed by atoms with Crippen molar-refractivity contribution < 1.29 is 9.59 Å². The fourth-order valence-corrected chi connectivity index (χ4v) is 2.40. The Morgan fingerprint density at radius 2 is 1.52 bits per heavy atom. The van der Waals surface area contributed by atoms with Gasteiger partial charge >= 0.3 is 0 Å². The molecule has 0 N–H and O–H groups in total. The lowest BCUT2D eigenvalue weighted by atomic mass is 10.1. The molecule has 0 aromatic carbocycles. The molecule has 2 radical (unpaired) electrons. The second-order valence-electron chi connectivity index (χ2n) is 6.28. The van der Waals surface area contributed by atoms with Crippen LogP contribution < -0.4 is 0 Å². The first-order valence-electron chi connectivity index (χ1n) is 9.07. The van der Waals surface area contributed by atoms with Crippen molar-refractivity contribution in [2.75, 3.05) is 0 Å². The highest BCUT2D eigenvalue weighted by Gasteiger charge is 2.28. The number of carbonyl (C=O) groups is 2. The van der Waals surface area contributed by atoms with Gasteiger partial charge in [0.1, 0.15) is 6.21 Å². The van der Waals surface area contributed by atoms with E-state index in [1.54, 1.807) is 0 Å². The van der Waals surface area contributed by atoms with Crippen molar-refractivity contribution in [3.8, 4) is 0 Å². The summed E-state index contributed by atoms with van der Waals surface area (Å²) in [6, 6.07) is 0. The predicted molar refractivity (Wildman–Crippen MR) is 94.9 cm³/mol. The molecule has 1 rings (SSSR count). The Hall–Kier alpha value is -1.32. The van der Waals surface area contributed by atoms with Crippen LogP contribution in [0.2, 0.25) is 0 Å². The Morgan fingerprint density at radius 3 is 2.04 bits per heavy atom. The molecule has 4 heteroatoms. The largest absolute Gasteiger partial charge is 0.273 e. The summed E-state index contributed by atoms with van der Waals surface area (Å²) >= 11 is 0. The summed E-state index contributed by atoms with van der Waals surface area (Å²) in [6.45, 7) is 3.63. The first kappa shape index (κ1) is 19.7. The van der Waals surface area contributed by atoms with Gasteiger partial charge in [0.05, 0.1) is 5.71 Å². The second kappa shape index (κ2) is 12.1. The quantitative estimate of drug-likeness (QED) is 0.385. The predicted octanol–water partition coefficient (Wildman–Crippen LogP) is 4.74. The second-order valence-corrected chi connectivity index (χ2v) is 6.28. The SMILES string of the molecule is CCCCCCCCCCCC(=O)/N=[C]/C(=NC(C)=O)[C]1CC1. The van der Waals surface area contributed by atoms with Crippen molar-refractivity contribution in [3.63, 3.8) is 0 Å². The van der Waals surface area contributed by atoms with Crippen LogP contribution in [0.4, 0.5) is 0 Å². The molecule has 0 aliphatic heterocycles. The lowest BCUT2D eigenvalue weighted by molar-refractivity contribution is -0.118. The zero-order chi connectivity index (χ0) is 16.9. The van der Waals surface area contributed by atoms with E-state index >= 15 is 0 Å². The highest BCUT2D eigenvalue weighted by molar-refractivity contribution is 6.40. The molecule has 0 aromatic heterocycles. The van der Waals surface area contributed by atoms with E-state index in [0.717, 1.165) is 31.6 Å². The number of rotatable bonds is 12. The van der Waals surface area contributed by atoms with E-state index in [-0.39, 0.29) is 11.8 Å². The minimum absolute atomic E-state index is 0.162. The van der Waals surface area contributed by atoms with Crippen LogP contribution in [-0.4, -0.2) is 23.7 Å². The molecule has 1 saturated carbocycles.